The van der Waals surface area contributed by atoms with E-state index in [1.165, 1.54) is 128 Å². The quantitative estimate of drug-likeness (QED) is 0.109. The molecule has 0 spiro atoms. The zero-order valence-corrected chi connectivity index (χ0v) is 22.7. The van der Waals surface area contributed by atoms with Gasteiger partial charge in [-0.3, -0.25) is 0 Å². The molecule has 0 bridgehead atoms. The van der Waals surface area contributed by atoms with E-state index in [0.717, 1.165) is 6.61 Å². The maximum atomic E-state index is 6.30. The van der Waals surface area contributed by atoms with Crippen molar-refractivity contribution in [2.75, 3.05) is 6.61 Å². The van der Waals surface area contributed by atoms with Gasteiger partial charge in [-0.1, -0.05) is 129 Å². The van der Waals surface area contributed by atoms with E-state index in [4.69, 9.17) is 8.85 Å². The Balaban J connectivity index is 3.42. The van der Waals surface area contributed by atoms with E-state index in [0.29, 0.717) is 6.10 Å². The molecule has 0 N–H and O–H groups in total. The molecule has 1 unspecified atom stereocenters. The van der Waals surface area contributed by atoms with Gasteiger partial charge in [0.2, 0.25) is 0 Å². The van der Waals surface area contributed by atoms with Gasteiger partial charge >= 0.3 is 8.56 Å². The van der Waals surface area contributed by atoms with E-state index in [1.54, 1.807) is 0 Å². The molecule has 0 rings (SSSR count). The van der Waals surface area contributed by atoms with Gasteiger partial charge in [0.05, 0.1) is 0 Å². The van der Waals surface area contributed by atoms with E-state index < -0.39 is 8.56 Å². The van der Waals surface area contributed by atoms with Crippen LogP contribution in [-0.4, -0.2) is 21.3 Å². The summed E-state index contributed by atoms with van der Waals surface area (Å²) in [6.45, 7) is 12.1. The molecule has 0 aromatic rings. The van der Waals surface area contributed by atoms with E-state index in [-0.39, 0.29) is 0 Å². The highest BCUT2D eigenvalue weighted by Crippen LogP contribution is 2.17. The van der Waals surface area contributed by atoms with Crippen LogP contribution in [0.25, 0.3) is 0 Å². The molecule has 30 heavy (non-hydrogen) atoms. The van der Waals surface area contributed by atoms with Crippen LogP contribution in [0.4, 0.5) is 0 Å². The fourth-order valence-corrected chi connectivity index (χ4v) is 6.02. The smallest absolute Gasteiger partial charge is 0.331 e. The second-order valence-electron chi connectivity index (χ2n) is 9.98. The molecule has 1 atom stereocenters. The lowest BCUT2D eigenvalue weighted by Gasteiger charge is -2.27. The van der Waals surface area contributed by atoms with Crippen molar-refractivity contribution in [3.63, 3.8) is 0 Å². The molecule has 0 radical (unpaired) electrons. The van der Waals surface area contributed by atoms with Crippen molar-refractivity contribution in [2.24, 2.45) is 0 Å². The molecule has 0 aromatic heterocycles. The number of rotatable bonds is 24. The maximum Gasteiger partial charge on any atom is 0.331 e. The number of hydrogen-bond acceptors (Lipinski definition) is 2. The Morgan fingerprint density at radius 2 is 0.900 bits per heavy atom. The van der Waals surface area contributed by atoms with Gasteiger partial charge in [-0.2, -0.15) is 0 Å². The maximum absolute atomic E-state index is 6.30. The summed E-state index contributed by atoms with van der Waals surface area (Å²) >= 11 is 0. The second kappa shape index (κ2) is 22.3. The normalized spacial score (nSPS) is 13.1. The molecule has 0 aromatic carbocycles. The molecule has 0 saturated carbocycles. The predicted octanol–water partition coefficient (Wildman–Crippen LogP) is 9.95. The predicted molar refractivity (Wildman–Crippen MR) is 138 cm³/mol. The highest BCUT2D eigenvalue weighted by atomic mass is 28.4. The molecule has 182 valence electrons. The van der Waals surface area contributed by atoms with Crippen LogP contribution < -0.4 is 0 Å². The van der Waals surface area contributed by atoms with E-state index in [2.05, 4.69) is 33.9 Å². The second-order valence-corrected chi connectivity index (χ2v) is 13.3. The molecule has 0 fully saturated rings. The lowest BCUT2D eigenvalue weighted by Crippen LogP contribution is -2.38. The van der Waals surface area contributed by atoms with Crippen molar-refractivity contribution in [3.05, 3.63) is 0 Å². The number of unbranched alkanes of at least 4 members (excludes halogenated alkanes) is 17. The summed E-state index contributed by atoms with van der Waals surface area (Å²) in [6.07, 6.45) is 27.9. The van der Waals surface area contributed by atoms with Crippen molar-refractivity contribution < 1.29 is 8.85 Å². The first-order valence-corrected chi connectivity index (χ1v) is 16.6. The van der Waals surface area contributed by atoms with E-state index >= 15 is 0 Å². The van der Waals surface area contributed by atoms with Crippen molar-refractivity contribution in [1.82, 2.24) is 0 Å². The average Bonchev–Trinajstić information content (AvgIpc) is 2.70. The Morgan fingerprint density at radius 1 is 0.533 bits per heavy atom. The SMILES string of the molecule is CCCCCCCCCCCCCCCO[Si](C)(C)OC(C)CCCCCCCC. The minimum Gasteiger partial charge on any atom is -0.395 e. The van der Waals surface area contributed by atoms with Crippen molar-refractivity contribution in [2.45, 2.75) is 168 Å². The molecule has 0 aliphatic carbocycles. The van der Waals surface area contributed by atoms with Gasteiger partial charge in [-0.05, 0) is 32.9 Å². The molecule has 0 saturated heterocycles. The fourth-order valence-electron chi connectivity index (χ4n) is 4.23. The fraction of sp³-hybridized carbons (Fsp3) is 1.00. The summed E-state index contributed by atoms with van der Waals surface area (Å²) in [6, 6.07) is 0. The van der Waals surface area contributed by atoms with Gasteiger partial charge in [-0.25, -0.2) is 0 Å². The van der Waals surface area contributed by atoms with Gasteiger partial charge in [0.1, 0.15) is 0 Å². The zero-order chi connectivity index (χ0) is 22.3. The largest absolute Gasteiger partial charge is 0.395 e. The third-order valence-electron chi connectivity index (χ3n) is 6.15. The first-order valence-electron chi connectivity index (χ1n) is 13.8. The third-order valence-corrected chi connectivity index (χ3v) is 8.02. The Hall–Kier alpha value is 0.137. The summed E-state index contributed by atoms with van der Waals surface area (Å²) in [5, 5.41) is 0. The Labute approximate surface area is 192 Å². The lowest BCUT2D eigenvalue weighted by molar-refractivity contribution is 0.122. The van der Waals surface area contributed by atoms with Gasteiger partial charge in [0.15, 0.2) is 0 Å². The number of hydrogen-bond donors (Lipinski definition) is 0. The summed E-state index contributed by atoms with van der Waals surface area (Å²) in [7, 11) is -1.95. The van der Waals surface area contributed by atoms with Crippen LogP contribution in [0.15, 0.2) is 0 Å². The Morgan fingerprint density at radius 3 is 1.33 bits per heavy atom. The molecular formula is C27H58O2Si. The minimum absolute atomic E-state index is 0.351. The van der Waals surface area contributed by atoms with Crippen LogP contribution in [-0.2, 0) is 8.85 Å². The monoisotopic (exact) mass is 442 g/mol. The summed E-state index contributed by atoms with van der Waals surface area (Å²) < 4.78 is 12.5. The minimum atomic E-state index is -1.95. The zero-order valence-electron chi connectivity index (χ0n) is 21.7. The third kappa shape index (κ3) is 22.8. The summed E-state index contributed by atoms with van der Waals surface area (Å²) in [5.41, 5.74) is 0. The van der Waals surface area contributed by atoms with Gasteiger partial charge in [0.25, 0.3) is 0 Å². The van der Waals surface area contributed by atoms with Gasteiger partial charge in [-0.15, -0.1) is 0 Å². The van der Waals surface area contributed by atoms with Crippen LogP contribution in [0.2, 0.25) is 13.1 Å². The molecule has 0 aliphatic rings. The van der Waals surface area contributed by atoms with Crippen LogP contribution in [0, 0.1) is 0 Å². The van der Waals surface area contributed by atoms with Crippen molar-refractivity contribution in [3.8, 4) is 0 Å². The Bertz CT molecular complexity index is 333. The van der Waals surface area contributed by atoms with Crippen LogP contribution in [0.5, 0.6) is 0 Å². The topological polar surface area (TPSA) is 18.5 Å². The molecule has 0 aliphatic heterocycles. The molecule has 0 heterocycles. The first-order chi connectivity index (χ1) is 14.5. The molecular weight excluding hydrogens is 384 g/mol. The van der Waals surface area contributed by atoms with Crippen LogP contribution >= 0.6 is 0 Å². The Kier molecular flexibility index (Phi) is 22.4. The van der Waals surface area contributed by atoms with E-state index in [1.807, 2.05) is 0 Å². The summed E-state index contributed by atoms with van der Waals surface area (Å²) in [4.78, 5) is 0. The van der Waals surface area contributed by atoms with Crippen LogP contribution in [0.1, 0.15) is 149 Å². The summed E-state index contributed by atoms with van der Waals surface area (Å²) in [5.74, 6) is 0. The van der Waals surface area contributed by atoms with Gasteiger partial charge < -0.3 is 8.85 Å². The van der Waals surface area contributed by atoms with Crippen molar-refractivity contribution >= 4 is 8.56 Å². The molecule has 0 amide bonds. The van der Waals surface area contributed by atoms with Crippen molar-refractivity contribution in [1.29, 1.82) is 0 Å². The van der Waals surface area contributed by atoms with E-state index in [9.17, 15) is 0 Å². The highest BCUT2D eigenvalue weighted by molar-refractivity contribution is 6.64. The standard InChI is InChI=1S/C27H58O2Si/c1-6-8-10-12-14-15-16-17-18-19-20-22-24-26-28-30(4,5)29-27(3)25-23-21-13-11-9-7-2/h27H,6-26H2,1-5H3. The first kappa shape index (κ1) is 30.1. The molecule has 2 nitrogen and oxygen atoms in total. The lowest BCUT2D eigenvalue weighted by atomic mass is 10.0. The highest BCUT2D eigenvalue weighted by Gasteiger charge is 2.26. The van der Waals surface area contributed by atoms with Crippen LogP contribution in [0.3, 0.4) is 0 Å². The van der Waals surface area contributed by atoms with Gasteiger partial charge in [0, 0.05) is 12.7 Å². The molecule has 3 heteroatoms. The average molecular weight is 443 g/mol.